The number of fused-ring (bicyclic) bond motifs is 7. The first-order valence-corrected chi connectivity index (χ1v) is 15.8. The van der Waals surface area contributed by atoms with E-state index in [4.69, 9.17) is 8.92 Å². The van der Waals surface area contributed by atoms with Gasteiger partial charge in [-0.25, -0.2) is 0 Å². The summed E-state index contributed by atoms with van der Waals surface area (Å²) in [6.45, 7) is 12.4. The molecule has 190 valence electrons. The molecule has 11 atom stereocenters. The van der Waals surface area contributed by atoms with Crippen molar-refractivity contribution in [1.82, 2.24) is 0 Å². The van der Waals surface area contributed by atoms with Crippen LogP contribution < -0.4 is 0 Å². The van der Waals surface area contributed by atoms with E-state index in [-0.39, 0.29) is 23.7 Å². The van der Waals surface area contributed by atoms with E-state index in [0.717, 1.165) is 41.9 Å². The number of ether oxygens (including phenoxy) is 1. The minimum absolute atomic E-state index is 0.00894. The summed E-state index contributed by atoms with van der Waals surface area (Å²) < 4.78 is 35.3. The Morgan fingerprint density at radius 3 is 2.45 bits per heavy atom. The zero-order valence-corrected chi connectivity index (χ0v) is 22.7. The summed E-state index contributed by atoms with van der Waals surface area (Å²) in [4.78, 5) is 0. The van der Waals surface area contributed by atoms with Gasteiger partial charge in [0, 0.05) is 5.41 Å². The Morgan fingerprint density at radius 1 is 1.00 bits per heavy atom. The molecule has 4 saturated carbocycles. The second kappa shape index (κ2) is 8.47. The first-order valence-electron chi connectivity index (χ1n) is 14.0. The van der Waals surface area contributed by atoms with Crippen LogP contribution in [-0.2, 0) is 19.0 Å². The van der Waals surface area contributed by atoms with Crippen LogP contribution in [0.25, 0.3) is 0 Å². The first kappa shape index (κ1) is 24.6. The number of rotatable bonds is 7. The summed E-state index contributed by atoms with van der Waals surface area (Å²) in [7, 11) is -3.44. The molecule has 0 aromatic rings. The van der Waals surface area contributed by atoms with Crippen LogP contribution in [0.5, 0.6) is 0 Å². The summed E-state index contributed by atoms with van der Waals surface area (Å²) in [5, 5.41) is 0. The van der Waals surface area contributed by atoms with Gasteiger partial charge in [0.05, 0.1) is 12.4 Å². The van der Waals surface area contributed by atoms with E-state index in [9.17, 15) is 8.42 Å². The lowest BCUT2D eigenvalue weighted by Crippen LogP contribution is -2.57. The van der Waals surface area contributed by atoms with Gasteiger partial charge in [-0.2, -0.15) is 8.42 Å². The van der Waals surface area contributed by atoms with Crippen LogP contribution in [0.4, 0.5) is 0 Å². The Kier molecular flexibility index (Phi) is 6.31. The summed E-state index contributed by atoms with van der Waals surface area (Å²) in [6.07, 6.45) is 14.2. The molecule has 1 saturated heterocycles. The van der Waals surface area contributed by atoms with Crippen LogP contribution in [0.15, 0.2) is 0 Å². The molecule has 0 aromatic heterocycles. The Bertz CT molecular complexity index is 839. The highest BCUT2D eigenvalue weighted by atomic mass is 32.2. The van der Waals surface area contributed by atoms with Gasteiger partial charge in [-0.05, 0) is 91.8 Å². The Hall–Kier alpha value is -0.130. The summed E-state index contributed by atoms with van der Waals surface area (Å²) >= 11 is 0. The molecule has 11 unspecified atom stereocenters. The number of hydrogen-bond donors (Lipinski definition) is 0. The molecule has 0 aromatic carbocycles. The number of epoxide rings is 1. The standard InChI is InChI=1S/C28H48O4S/c1-17(2)8-7-9-18(3)21-12-13-22-20-11-10-19-16-24(32-33(6,29)30)25-26(31-25)28(19,5)23(20)14-15-27(21,22)4/h17-26H,7-16H2,1-6H3. The van der Waals surface area contributed by atoms with Crippen molar-refractivity contribution in [3.8, 4) is 0 Å². The third-order valence-corrected chi connectivity index (χ3v) is 12.1. The second-order valence-electron chi connectivity index (χ2n) is 13.6. The van der Waals surface area contributed by atoms with Crippen molar-refractivity contribution in [2.24, 2.45) is 52.3 Å². The molecule has 5 fully saturated rings. The summed E-state index contributed by atoms with van der Waals surface area (Å²) in [5.74, 6) is 5.53. The molecule has 0 spiro atoms. The van der Waals surface area contributed by atoms with Crippen LogP contribution in [-0.4, -0.2) is 33.0 Å². The quantitative estimate of drug-likeness (QED) is 0.311. The monoisotopic (exact) mass is 480 g/mol. The largest absolute Gasteiger partial charge is 0.366 e. The zero-order valence-electron chi connectivity index (χ0n) is 21.9. The minimum Gasteiger partial charge on any atom is -0.366 e. The Labute approximate surface area is 203 Å². The lowest BCUT2D eigenvalue weighted by molar-refractivity contribution is -0.121. The summed E-state index contributed by atoms with van der Waals surface area (Å²) in [5.41, 5.74) is 0.718. The van der Waals surface area contributed by atoms with E-state index in [2.05, 4.69) is 34.6 Å². The molecule has 33 heavy (non-hydrogen) atoms. The van der Waals surface area contributed by atoms with Gasteiger partial charge in [0.15, 0.2) is 0 Å². The average Bonchev–Trinajstić information content (AvgIpc) is 3.44. The molecule has 1 heterocycles. The molecular formula is C28H48O4S. The maximum Gasteiger partial charge on any atom is 0.264 e. The third kappa shape index (κ3) is 4.14. The molecule has 5 aliphatic rings. The fraction of sp³-hybridized carbons (Fsp3) is 1.00. The van der Waals surface area contributed by atoms with Crippen molar-refractivity contribution in [2.45, 2.75) is 117 Å². The van der Waals surface area contributed by atoms with Crippen molar-refractivity contribution in [3.63, 3.8) is 0 Å². The predicted octanol–water partition coefficient (Wildman–Crippen LogP) is 6.44. The maximum absolute atomic E-state index is 11.8. The highest BCUT2D eigenvalue weighted by molar-refractivity contribution is 7.86. The minimum atomic E-state index is -3.44. The van der Waals surface area contributed by atoms with Gasteiger partial charge in [0.2, 0.25) is 0 Å². The molecule has 5 heteroatoms. The van der Waals surface area contributed by atoms with Gasteiger partial charge in [0.1, 0.15) is 12.2 Å². The van der Waals surface area contributed by atoms with E-state index in [1.165, 1.54) is 64.0 Å². The predicted molar refractivity (Wildman–Crippen MR) is 132 cm³/mol. The smallest absolute Gasteiger partial charge is 0.264 e. The van der Waals surface area contributed by atoms with E-state index < -0.39 is 10.1 Å². The molecule has 0 radical (unpaired) electrons. The summed E-state index contributed by atoms with van der Waals surface area (Å²) in [6, 6.07) is 0. The SMILES string of the molecule is CC(C)CCCC(C)C1CCC2C3CCC4CC(OS(C)(=O)=O)C5OC5C4(C)C3CCC12C. The van der Waals surface area contributed by atoms with E-state index >= 15 is 0 Å². The molecular weight excluding hydrogens is 432 g/mol. The fourth-order valence-corrected chi connectivity index (χ4v) is 10.6. The molecule has 4 nitrogen and oxygen atoms in total. The fourth-order valence-electron chi connectivity index (χ4n) is 9.95. The van der Waals surface area contributed by atoms with Crippen LogP contribution in [0, 0.1) is 52.3 Å². The van der Waals surface area contributed by atoms with Crippen molar-refractivity contribution in [1.29, 1.82) is 0 Å². The second-order valence-corrected chi connectivity index (χ2v) is 15.2. The van der Waals surface area contributed by atoms with Gasteiger partial charge in [-0.3, -0.25) is 4.18 Å². The maximum atomic E-state index is 11.8. The van der Waals surface area contributed by atoms with Crippen molar-refractivity contribution in [2.75, 3.05) is 6.26 Å². The van der Waals surface area contributed by atoms with Crippen molar-refractivity contribution < 1.29 is 17.3 Å². The van der Waals surface area contributed by atoms with Gasteiger partial charge < -0.3 is 4.74 Å². The van der Waals surface area contributed by atoms with Crippen molar-refractivity contribution in [3.05, 3.63) is 0 Å². The van der Waals surface area contributed by atoms with Crippen LogP contribution in [0.2, 0.25) is 0 Å². The normalized spacial score (nSPS) is 49.7. The molecule has 5 rings (SSSR count). The first-order chi connectivity index (χ1) is 15.4. The highest BCUT2D eigenvalue weighted by Crippen LogP contribution is 2.70. The Morgan fingerprint density at radius 2 is 1.76 bits per heavy atom. The molecule has 0 amide bonds. The van der Waals surface area contributed by atoms with Gasteiger partial charge in [-0.1, -0.05) is 53.9 Å². The van der Waals surface area contributed by atoms with Crippen LogP contribution >= 0.6 is 0 Å². The molecule has 0 bridgehead atoms. The third-order valence-electron chi connectivity index (χ3n) is 11.5. The van der Waals surface area contributed by atoms with Gasteiger partial charge in [0.25, 0.3) is 10.1 Å². The van der Waals surface area contributed by atoms with Gasteiger partial charge >= 0.3 is 0 Å². The van der Waals surface area contributed by atoms with E-state index in [0.29, 0.717) is 11.3 Å². The van der Waals surface area contributed by atoms with Crippen LogP contribution in [0.1, 0.15) is 98.8 Å². The molecule has 1 aliphatic heterocycles. The van der Waals surface area contributed by atoms with E-state index in [1.807, 2.05) is 0 Å². The molecule has 4 aliphatic carbocycles. The zero-order chi connectivity index (χ0) is 23.8. The van der Waals surface area contributed by atoms with E-state index in [1.54, 1.807) is 0 Å². The van der Waals surface area contributed by atoms with Gasteiger partial charge in [-0.15, -0.1) is 0 Å². The highest BCUT2D eigenvalue weighted by Gasteiger charge is 2.70. The van der Waals surface area contributed by atoms with Crippen molar-refractivity contribution >= 4 is 10.1 Å². The Balaban J connectivity index is 1.30. The lowest BCUT2D eigenvalue weighted by atomic mass is 9.44. The lowest BCUT2D eigenvalue weighted by Gasteiger charge is -2.60. The topological polar surface area (TPSA) is 55.9 Å². The number of hydrogen-bond acceptors (Lipinski definition) is 4. The average molecular weight is 481 g/mol. The molecule has 0 N–H and O–H groups in total. The van der Waals surface area contributed by atoms with Crippen LogP contribution in [0.3, 0.4) is 0 Å².